The molecule has 0 saturated carbocycles. The van der Waals surface area contributed by atoms with Crippen LogP contribution in [0.1, 0.15) is 20.8 Å². The number of rotatable bonds is 6. The normalized spacial score (nSPS) is 14.8. The van der Waals surface area contributed by atoms with Crippen molar-refractivity contribution < 1.29 is 9.59 Å². The van der Waals surface area contributed by atoms with Gasteiger partial charge < -0.3 is 10.2 Å². The molecule has 2 amide bonds. The number of benzene rings is 2. The summed E-state index contributed by atoms with van der Waals surface area (Å²) in [5, 5.41) is 4.01. The molecular weight excluding hydrogens is 462 g/mol. The smallest absolute Gasteiger partial charge is 0.266 e. The minimum atomic E-state index is -0.260. The number of nitrogens with one attached hydrogen (secondary N) is 1. The first-order valence-corrected chi connectivity index (χ1v) is 12.7. The van der Waals surface area contributed by atoms with Gasteiger partial charge in [-0.3, -0.25) is 23.9 Å². The van der Waals surface area contributed by atoms with Crippen LogP contribution in [0, 0.1) is 0 Å². The van der Waals surface area contributed by atoms with Gasteiger partial charge in [-0.2, -0.15) is 0 Å². The van der Waals surface area contributed by atoms with Crippen LogP contribution < -0.4 is 10.9 Å². The van der Waals surface area contributed by atoms with E-state index in [4.69, 9.17) is 4.98 Å². The molecule has 0 aliphatic carbocycles. The number of nitrogens with zero attached hydrogens (tertiary/aromatic N) is 4. The molecule has 2 aromatic carbocycles. The Labute approximate surface area is 209 Å². The zero-order chi connectivity index (χ0) is 25.0. The van der Waals surface area contributed by atoms with E-state index in [1.807, 2.05) is 74.2 Å². The molecule has 4 rings (SSSR count). The molecule has 0 radical (unpaired) electrons. The lowest BCUT2D eigenvalue weighted by Crippen LogP contribution is -2.53. The van der Waals surface area contributed by atoms with E-state index in [9.17, 15) is 14.4 Å². The van der Waals surface area contributed by atoms with Crippen molar-refractivity contribution in [3.8, 4) is 5.69 Å². The fraction of sp³-hybridized carbons (Fsp3) is 0.385. The predicted octanol–water partition coefficient (Wildman–Crippen LogP) is 2.54. The van der Waals surface area contributed by atoms with Crippen LogP contribution >= 0.6 is 11.8 Å². The highest BCUT2D eigenvalue weighted by Gasteiger charge is 2.24. The lowest BCUT2D eigenvalue weighted by atomic mass is 10.1. The average Bonchev–Trinajstić information content (AvgIpc) is 2.82. The van der Waals surface area contributed by atoms with Crippen LogP contribution in [0.2, 0.25) is 0 Å². The van der Waals surface area contributed by atoms with E-state index in [1.54, 1.807) is 10.6 Å². The van der Waals surface area contributed by atoms with Crippen LogP contribution in [-0.4, -0.2) is 75.2 Å². The van der Waals surface area contributed by atoms with Crippen molar-refractivity contribution >= 4 is 34.5 Å². The molecule has 2 heterocycles. The van der Waals surface area contributed by atoms with E-state index < -0.39 is 0 Å². The SMILES string of the molecule is CC(C)(C)NC(=O)CN1CCN(C(=O)CSc2nc3ccccc3c(=O)n2-c2ccccc2)CC1. The summed E-state index contributed by atoms with van der Waals surface area (Å²) in [5.41, 5.74) is 0.914. The summed E-state index contributed by atoms with van der Waals surface area (Å²) in [5.74, 6) is 0.173. The van der Waals surface area contributed by atoms with Crippen molar-refractivity contribution in [2.24, 2.45) is 0 Å². The third kappa shape index (κ3) is 6.29. The van der Waals surface area contributed by atoms with Crippen molar-refractivity contribution in [3.05, 3.63) is 65.0 Å². The molecule has 0 bridgehead atoms. The second kappa shape index (κ2) is 10.6. The van der Waals surface area contributed by atoms with Gasteiger partial charge >= 0.3 is 0 Å². The average molecular weight is 494 g/mol. The quantitative estimate of drug-likeness (QED) is 0.420. The molecule has 184 valence electrons. The van der Waals surface area contributed by atoms with Gasteiger partial charge in [0.25, 0.3) is 5.56 Å². The second-order valence-electron chi connectivity index (χ2n) is 9.63. The Kier molecular flexibility index (Phi) is 7.57. The number of amides is 2. The first-order chi connectivity index (χ1) is 16.7. The van der Waals surface area contributed by atoms with E-state index in [1.165, 1.54) is 11.8 Å². The van der Waals surface area contributed by atoms with Gasteiger partial charge in [-0.25, -0.2) is 4.98 Å². The summed E-state index contributed by atoms with van der Waals surface area (Å²) < 4.78 is 1.58. The number of carbonyl (C=O) groups excluding carboxylic acids is 2. The Morgan fingerprint density at radius 2 is 1.63 bits per heavy atom. The molecule has 1 N–H and O–H groups in total. The molecule has 1 fully saturated rings. The number of carbonyl (C=O) groups is 2. The van der Waals surface area contributed by atoms with E-state index >= 15 is 0 Å². The molecule has 0 unspecified atom stereocenters. The minimum Gasteiger partial charge on any atom is -0.350 e. The van der Waals surface area contributed by atoms with Crippen LogP contribution in [-0.2, 0) is 9.59 Å². The van der Waals surface area contributed by atoms with Gasteiger partial charge in [0.2, 0.25) is 11.8 Å². The standard InChI is InChI=1S/C26H31N5O3S/c1-26(2,3)28-22(32)17-29-13-15-30(16-14-29)23(33)18-35-25-27-21-12-8-7-11-20(21)24(34)31(25)19-9-5-4-6-10-19/h4-12H,13-18H2,1-3H3,(H,28,32). The third-order valence-corrected chi connectivity index (χ3v) is 6.61. The Morgan fingerprint density at radius 3 is 2.31 bits per heavy atom. The zero-order valence-corrected chi connectivity index (χ0v) is 21.2. The third-order valence-electron chi connectivity index (χ3n) is 5.69. The maximum Gasteiger partial charge on any atom is 0.266 e. The molecule has 3 aromatic rings. The molecule has 1 aromatic heterocycles. The molecule has 1 saturated heterocycles. The second-order valence-corrected chi connectivity index (χ2v) is 10.6. The van der Waals surface area contributed by atoms with Crippen LogP contribution in [0.4, 0.5) is 0 Å². The van der Waals surface area contributed by atoms with Gasteiger partial charge in [-0.05, 0) is 45.0 Å². The monoisotopic (exact) mass is 493 g/mol. The van der Waals surface area contributed by atoms with Gasteiger partial charge in [0.1, 0.15) is 0 Å². The Hall–Kier alpha value is -3.17. The van der Waals surface area contributed by atoms with Crippen molar-refractivity contribution in [2.75, 3.05) is 38.5 Å². The molecule has 0 atom stereocenters. The van der Waals surface area contributed by atoms with Crippen molar-refractivity contribution in [3.63, 3.8) is 0 Å². The fourth-order valence-electron chi connectivity index (χ4n) is 4.05. The Bertz CT molecular complexity index is 1260. The van der Waals surface area contributed by atoms with Gasteiger partial charge in [0.15, 0.2) is 5.16 Å². The van der Waals surface area contributed by atoms with Crippen LogP contribution in [0.3, 0.4) is 0 Å². The summed E-state index contributed by atoms with van der Waals surface area (Å²) in [6, 6.07) is 16.6. The highest BCUT2D eigenvalue weighted by molar-refractivity contribution is 7.99. The van der Waals surface area contributed by atoms with Crippen molar-refractivity contribution in [2.45, 2.75) is 31.5 Å². The molecular formula is C26H31N5O3S. The number of hydrogen-bond donors (Lipinski definition) is 1. The lowest BCUT2D eigenvalue weighted by molar-refractivity contribution is -0.130. The van der Waals surface area contributed by atoms with E-state index in [2.05, 4.69) is 10.2 Å². The first-order valence-electron chi connectivity index (χ1n) is 11.7. The fourth-order valence-corrected chi connectivity index (χ4v) is 4.96. The summed E-state index contributed by atoms with van der Waals surface area (Å²) in [4.78, 5) is 47.0. The first kappa shape index (κ1) is 24.9. The maximum absolute atomic E-state index is 13.3. The Balaban J connectivity index is 1.42. The maximum atomic E-state index is 13.3. The number of fused-ring (bicyclic) bond motifs is 1. The highest BCUT2D eigenvalue weighted by Crippen LogP contribution is 2.22. The number of thioether (sulfide) groups is 1. The molecule has 0 spiro atoms. The number of hydrogen-bond acceptors (Lipinski definition) is 6. The van der Waals surface area contributed by atoms with Gasteiger partial charge in [-0.1, -0.05) is 42.1 Å². The molecule has 8 nitrogen and oxygen atoms in total. The van der Waals surface area contributed by atoms with Crippen LogP contribution in [0.25, 0.3) is 16.6 Å². The van der Waals surface area contributed by atoms with Gasteiger partial charge in [-0.15, -0.1) is 0 Å². The molecule has 1 aliphatic heterocycles. The Morgan fingerprint density at radius 1 is 0.971 bits per heavy atom. The van der Waals surface area contributed by atoms with Gasteiger partial charge in [0, 0.05) is 31.7 Å². The largest absolute Gasteiger partial charge is 0.350 e. The van der Waals surface area contributed by atoms with Crippen LogP contribution in [0.15, 0.2) is 64.5 Å². The number of aromatic nitrogens is 2. The minimum absolute atomic E-state index is 0.00388. The number of para-hydroxylation sites is 2. The van der Waals surface area contributed by atoms with Crippen molar-refractivity contribution in [1.29, 1.82) is 0 Å². The van der Waals surface area contributed by atoms with Gasteiger partial charge in [0.05, 0.1) is 28.9 Å². The molecule has 35 heavy (non-hydrogen) atoms. The van der Waals surface area contributed by atoms with Crippen LogP contribution in [0.5, 0.6) is 0 Å². The highest BCUT2D eigenvalue weighted by atomic mass is 32.2. The lowest BCUT2D eigenvalue weighted by Gasteiger charge is -2.35. The molecule has 9 heteroatoms. The van der Waals surface area contributed by atoms with E-state index in [-0.39, 0.29) is 28.7 Å². The summed E-state index contributed by atoms with van der Waals surface area (Å²) in [7, 11) is 0. The van der Waals surface area contributed by atoms with E-state index in [0.29, 0.717) is 54.5 Å². The zero-order valence-electron chi connectivity index (χ0n) is 20.4. The topological polar surface area (TPSA) is 87.5 Å². The van der Waals surface area contributed by atoms with Crippen molar-refractivity contribution in [1.82, 2.24) is 24.7 Å². The molecule has 1 aliphatic rings. The summed E-state index contributed by atoms with van der Waals surface area (Å²) in [6.45, 7) is 8.65. The summed E-state index contributed by atoms with van der Waals surface area (Å²) >= 11 is 1.27. The number of piperazine rings is 1. The predicted molar refractivity (Wildman–Crippen MR) is 139 cm³/mol. The van der Waals surface area contributed by atoms with E-state index in [0.717, 1.165) is 0 Å². The summed E-state index contributed by atoms with van der Waals surface area (Å²) in [6.07, 6.45) is 0.